The summed E-state index contributed by atoms with van der Waals surface area (Å²) in [4.78, 5) is 7.26. The molecule has 2 nitrogen and oxygen atoms in total. The molecule has 2 aliphatic heterocycles. The smallest absolute Gasteiger partial charge is 0.102 e. The Morgan fingerprint density at radius 2 is 2.00 bits per heavy atom. The zero-order chi connectivity index (χ0) is 14.4. The van der Waals surface area contributed by atoms with Gasteiger partial charge < -0.3 is 4.90 Å². The third-order valence-electron chi connectivity index (χ3n) is 4.60. The zero-order valence-corrected chi connectivity index (χ0v) is 12.8. The molecule has 2 aromatic rings. The van der Waals surface area contributed by atoms with Gasteiger partial charge in [0.25, 0.3) is 0 Å². The topological polar surface area (TPSA) is 15.6 Å². The van der Waals surface area contributed by atoms with Gasteiger partial charge in [-0.1, -0.05) is 41.9 Å². The van der Waals surface area contributed by atoms with Crippen molar-refractivity contribution in [3.05, 3.63) is 64.2 Å². The molecule has 0 spiro atoms. The van der Waals surface area contributed by atoms with E-state index in [1.807, 2.05) is 6.07 Å². The van der Waals surface area contributed by atoms with Gasteiger partial charge in [-0.05, 0) is 48.6 Å². The van der Waals surface area contributed by atoms with Crippen LogP contribution < -0.4 is 0 Å². The van der Waals surface area contributed by atoms with Crippen LogP contribution in [0.5, 0.6) is 0 Å². The van der Waals surface area contributed by atoms with Gasteiger partial charge in [0.1, 0.15) is 5.84 Å². The van der Waals surface area contributed by atoms with Crippen molar-refractivity contribution in [3.63, 3.8) is 0 Å². The van der Waals surface area contributed by atoms with Crippen LogP contribution in [0.4, 0.5) is 5.69 Å². The maximum Gasteiger partial charge on any atom is 0.102 e. The van der Waals surface area contributed by atoms with Crippen molar-refractivity contribution >= 4 is 23.1 Å². The van der Waals surface area contributed by atoms with Crippen LogP contribution in [0.25, 0.3) is 0 Å². The van der Waals surface area contributed by atoms with Crippen molar-refractivity contribution in [2.75, 3.05) is 6.54 Å². The Labute approximate surface area is 130 Å². The molecular weight excluding hydrogens is 280 g/mol. The number of amidine groups is 1. The van der Waals surface area contributed by atoms with Gasteiger partial charge in [0.2, 0.25) is 0 Å². The van der Waals surface area contributed by atoms with E-state index in [0.717, 1.165) is 35.9 Å². The lowest BCUT2D eigenvalue weighted by Gasteiger charge is -2.38. The minimum atomic E-state index is 0.347. The highest BCUT2D eigenvalue weighted by molar-refractivity contribution is 6.31. The molecule has 1 unspecified atom stereocenters. The third kappa shape index (κ3) is 2.06. The summed E-state index contributed by atoms with van der Waals surface area (Å²) in [7, 11) is 0. The molecule has 21 heavy (non-hydrogen) atoms. The molecule has 0 fully saturated rings. The monoisotopic (exact) mass is 296 g/mol. The number of rotatable bonds is 0. The molecule has 0 bridgehead atoms. The summed E-state index contributed by atoms with van der Waals surface area (Å²) in [5, 5.41) is 0.902. The van der Waals surface area contributed by atoms with Gasteiger partial charge in [0.15, 0.2) is 0 Å². The summed E-state index contributed by atoms with van der Waals surface area (Å²) >= 11 is 6.40. The molecule has 0 radical (unpaired) electrons. The average molecular weight is 297 g/mol. The Bertz CT molecular complexity index is 736. The lowest BCUT2D eigenvalue weighted by atomic mass is 9.88. The number of halogens is 1. The van der Waals surface area contributed by atoms with Gasteiger partial charge in [-0.25, -0.2) is 4.99 Å². The van der Waals surface area contributed by atoms with E-state index in [9.17, 15) is 0 Å². The second kappa shape index (κ2) is 4.88. The highest BCUT2D eigenvalue weighted by Crippen LogP contribution is 2.39. The summed E-state index contributed by atoms with van der Waals surface area (Å²) < 4.78 is 0. The van der Waals surface area contributed by atoms with Crippen molar-refractivity contribution in [1.29, 1.82) is 0 Å². The molecule has 4 rings (SSSR count). The minimum Gasteiger partial charge on any atom is -0.353 e. The molecule has 0 amide bonds. The van der Waals surface area contributed by atoms with E-state index in [0.29, 0.717) is 6.04 Å². The van der Waals surface area contributed by atoms with Gasteiger partial charge in [-0.3, -0.25) is 0 Å². The lowest BCUT2D eigenvalue weighted by Crippen LogP contribution is -2.39. The van der Waals surface area contributed by atoms with E-state index in [1.54, 1.807) is 0 Å². The van der Waals surface area contributed by atoms with E-state index in [2.05, 4.69) is 48.2 Å². The lowest BCUT2D eigenvalue weighted by molar-refractivity contribution is 0.298. The molecular formula is C18H17ClN2. The molecule has 0 aromatic heterocycles. The van der Waals surface area contributed by atoms with E-state index < -0.39 is 0 Å². The summed E-state index contributed by atoms with van der Waals surface area (Å²) in [6.45, 7) is 3.11. The molecule has 0 aliphatic carbocycles. The Morgan fingerprint density at radius 3 is 2.90 bits per heavy atom. The van der Waals surface area contributed by atoms with Crippen LogP contribution >= 0.6 is 11.6 Å². The fraction of sp³-hybridized carbons (Fsp3) is 0.278. The molecule has 2 aliphatic rings. The average Bonchev–Trinajstić information content (AvgIpc) is 2.64. The summed E-state index contributed by atoms with van der Waals surface area (Å²) in [6.07, 6.45) is 1.99. The molecule has 1 atom stereocenters. The molecule has 0 saturated heterocycles. The second-order valence-corrected chi connectivity index (χ2v) is 6.17. The molecule has 0 saturated carbocycles. The van der Waals surface area contributed by atoms with Gasteiger partial charge in [0, 0.05) is 11.6 Å². The van der Waals surface area contributed by atoms with Crippen LogP contribution in [-0.2, 0) is 12.8 Å². The zero-order valence-electron chi connectivity index (χ0n) is 12.0. The summed E-state index contributed by atoms with van der Waals surface area (Å²) in [5.74, 6) is 1.11. The first-order chi connectivity index (χ1) is 10.2. The van der Waals surface area contributed by atoms with Gasteiger partial charge in [-0.2, -0.15) is 0 Å². The van der Waals surface area contributed by atoms with E-state index in [4.69, 9.17) is 16.6 Å². The number of aliphatic imine (C=N–C) groups is 1. The van der Waals surface area contributed by atoms with Crippen LogP contribution in [0.1, 0.15) is 29.7 Å². The fourth-order valence-electron chi connectivity index (χ4n) is 3.55. The predicted octanol–water partition coefficient (Wildman–Crippen LogP) is 4.55. The third-order valence-corrected chi connectivity index (χ3v) is 4.95. The largest absolute Gasteiger partial charge is 0.353 e. The van der Waals surface area contributed by atoms with Crippen LogP contribution in [0.2, 0.25) is 5.02 Å². The Morgan fingerprint density at radius 1 is 1.14 bits per heavy atom. The number of benzene rings is 2. The van der Waals surface area contributed by atoms with Gasteiger partial charge in [0.05, 0.1) is 11.7 Å². The minimum absolute atomic E-state index is 0.347. The van der Waals surface area contributed by atoms with Gasteiger partial charge >= 0.3 is 0 Å². The van der Waals surface area contributed by atoms with Gasteiger partial charge in [-0.15, -0.1) is 0 Å². The fourth-order valence-corrected chi connectivity index (χ4v) is 3.83. The Hall–Kier alpha value is -1.80. The quantitative estimate of drug-likeness (QED) is 0.696. The first kappa shape index (κ1) is 12.9. The Balaban J connectivity index is 1.87. The first-order valence-corrected chi connectivity index (χ1v) is 7.79. The van der Waals surface area contributed by atoms with Crippen LogP contribution in [-0.4, -0.2) is 17.3 Å². The number of hydrogen-bond donors (Lipinski definition) is 0. The van der Waals surface area contributed by atoms with E-state index in [1.165, 1.54) is 16.7 Å². The number of fused-ring (bicyclic) bond motifs is 4. The van der Waals surface area contributed by atoms with Crippen molar-refractivity contribution in [2.45, 2.75) is 25.8 Å². The van der Waals surface area contributed by atoms with Crippen LogP contribution in [0, 0.1) is 0 Å². The molecule has 2 heterocycles. The van der Waals surface area contributed by atoms with Crippen molar-refractivity contribution < 1.29 is 0 Å². The molecule has 106 valence electrons. The molecule has 3 heteroatoms. The van der Waals surface area contributed by atoms with Crippen LogP contribution in [0.15, 0.2) is 47.5 Å². The first-order valence-electron chi connectivity index (χ1n) is 7.41. The number of hydrogen-bond acceptors (Lipinski definition) is 2. The van der Waals surface area contributed by atoms with E-state index in [-0.39, 0.29) is 0 Å². The predicted molar refractivity (Wildman–Crippen MR) is 87.5 cm³/mol. The maximum absolute atomic E-state index is 6.40. The normalized spacial score (nSPS) is 20.0. The summed E-state index contributed by atoms with van der Waals surface area (Å²) in [5.41, 5.74) is 5.10. The molecule has 0 N–H and O–H groups in total. The van der Waals surface area contributed by atoms with E-state index >= 15 is 0 Å². The highest BCUT2D eigenvalue weighted by Gasteiger charge is 2.31. The SMILES string of the molecule is CC1=Nc2ccccc2CC2c3cccc(Cl)c3CCN12. The standard InChI is InChI=1S/C18H17ClN2/c1-12-20-17-8-3-2-5-13(17)11-18-15-6-4-7-16(19)14(15)9-10-21(12)18/h2-8,18H,9-11H2,1H3. The Kier molecular flexibility index (Phi) is 3.00. The molecule has 2 aromatic carbocycles. The highest BCUT2D eigenvalue weighted by atomic mass is 35.5. The van der Waals surface area contributed by atoms with Crippen LogP contribution in [0.3, 0.4) is 0 Å². The van der Waals surface area contributed by atoms with Crippen molar-refractivity contribution in [2.24, 2.45) is 4.99 Å². The van der Waals surface area contributed by atoms with Crippen molar-refractivity contribution in [1.82, 2.24) is 4.90 Å². The van der Waals surface area contributed by atoms with Crippen molar-refractivity contribution in [3.8, 4) is 0 Å². The second-order valence-electron chi connectivity index (χ2n) is 5.76. The maximum atomic E-state index is 6.40. The number of para-hydroxylation sites is 1. The summed E-state index contributed by atoms with van der Waals surface area (Å²) in [6, 6.07) is 15.1. The number of nitrogens with zero attached hydrogens (tertiary/aromatic N) is 2.